The van der Waals surface area contributed by atoms with Crippen molar-refractivity contribution in [3.8, 4) is 17.2 Å². The molecule has 0 N–H and O–H groups in total. The maximum atomic E-state index is 14.0. The number of aromatic nitrogens is 1. The lowest BCUT2D eigenvalue weighted by molar-refractivity contribution is -0.127. The van der Waals surface area contributed by atoms with Gasteiger partial charge in [-0.05, 0) is 51.1 Å². The first-order valence-corrected chi connectivity index (χ1v) is 12.9. The summed E-state index contributed by atoms with van der Waals surface area (Å²) >= 11 is 1.27. The molecule has 0 fully saturated rings. The molecule has 0 bridgehead atoms. The van der Waals surface area contributed by atoms with Crippen molar-refractivity contribution in [1.29, 1.82) is 0 Å². The number of nitrogens with zero attached hydrogens (tertiary/aromatic N) is 3. The summed E-state index contributed by atoms with van der Waals surface area (Å²) < 4.78 is 18.6. The van der Waals surface area contributed by atoms with Crippen LogP contribution >= 0.6 is 11.3 Å². The zero-order valence-corrected chi connectivity index (χ0v) is 22.7. The number of amides is 1. The predicted molar refractivity (Wildman–Crippen MR) is 144 cm³/mol. The molecule has 0 radical (unpaired) electrons. The van der Waals surface area contributed by atoms with Crippen molar-refractivity contribution < 1.29 is 19.0 Å². The Labute approximate surface area is 219 Å². The minimum Gasteiger partial charge on any atom is -0.497 e. The number of carbonyl (C=O) groups excluding carboxylic acids is 1. The molecular weight excluding hydrogens is 490 g/mol. The van der Waals surface area contributed by atoms with Gasteiger partial charge in [-0.2, -0.15) is 0 Å². The summed E-state index contributed by atoms with van der Waals surface area (Å²) in [5, 5.41) is 0. The third-order valence-corrected chi connectivity index (χ3v) is 7.44. The Kier molecular flexibility index (Phi) is 7.83. The van der Waals surface area contributed by atoms with Crippen LogP contribution in [-0.2, 0) is 4.79 Å². The van der Waals surface area contributed by atoms with E-state index in [1.165, 1.54) is 11.3 Å². The van der Waals surface area contributed by atoms with E-state index in [2.05, 4.69) is 0 Å². The Morgan fingerprint density at radius 2 is 1.76 bits per heavy atom. The van der Waals surface area contributed by atoms with Gasteiger partial charge >= 0.3 is 0 Å². The van der Waals surface area contributed by atoms with Crippen LogP contribution in [0.2, 0.25) is 0 Å². The molecule has 0 spiro atoms. The van der Waals surface area contributed by atoms with Crippen LogP contribution in [0.15, 0.2) is 63.5 Å². The summed E-state index contributed by atoms with van der Waals surface area (Å²) in [6, 6.07) is 12.2. The first-order valence-electron chi connectivity index (χ1n) is 12.0. The number of thiazole rings is 1. The predicted octanol–water partition coefficient (Wildman–Crippen LogP) is 3.13. The van der Waals surface area contributed by atoms with E-state index in [4.69, 9.17) is 19.2 Å². The monoisotopic (exact) mass is 521 g/mol. The molecule has 1 aliphatic rings. The Morgan fingerprint density at radius 3 is 2.41 bits per heavy atom. The maximum absolute atomic E-state index is 14.0. The molecule has 2 heterocycles. The fraction of sp³-hybridized carbons (Fsp3) is 0.321. The smallest absolute Gasteiger partial charge is 0.271 e. The Bertz CT molecular complexity index is 1530. The number of benzene rings is 2. The van der Waals surface area contributed by atoms with Gasteiger partial charge in [-0.15, -0.1) is 0 Å². The number of hydrogen-bond acceptors (Lipinski definition) is 7. The molecule has 1 amide bonds. The number of ether oxygens (including phenoxy) is 3. The lowest BCUT2D eigenvalue weighted by Gasteiger charge is -2.29. The molecule has 37 heavy (non-hydrogen) atoms. The maximum Gasteiger partial charge on any atom is 0.271 e. The Balaban J connectivity index is 2.01. The van der Waals surface area contributed by atoms with Crippen LogP contribution in [0.5, 0.6) is 17.2 Å². The van der Waals surface area contributed by atoms with Crippen molar-refractivity contribution in [2.45, 2.75) is 26.8 Å². The summed E-state index contributed by atoms with van der Waals surface area (Å²) in [6.45, 7) is 6.79. The van der Waals surface area contributed by atoms with E-state index in [9.17, 15) is 9.59 Å². The van der Waals surface area contributed by atoms with E-state index in [0.29, 0.717) is 56.5 Å². The third-order valence-electron chi connectivity index (χ3n) is 6.46. The first kappa shape index (κ1) is 26.2. The quantitative estimate of drug-likeness (QED) is 0.455. The number of likely N-dealkylation sites (N-methyl/N-ethyl adjacent to an activating group) is 1. The number of methoxy groups -OCH3 is 3. The second-order valence-electron chi connectivity index (χ2n) is 8.41. The molecule has 9 heteroatoms. The lowest BCUT2D eigenvalue weighted by Crippen LogP contribution is -2.43. The van der Waals surface area contributed by atoms with E-state index in [1.807, 2.05) is 51.1 Å². The summed E-state index contributed by atoms with van der Waals surface area (Å²) in [5.74, 6) is 1.71. The minimum atomic E-state index is -0.685. The van der Waals surface area contributed by atoms with Crippen molar-refractivity contribution in [1.82, 2.24) is 9.47 Å². The highest BCUT2D eigenvalue weighted by Crippen LogP contribution is 2.36. The van der Waals surface area contributed by atoms with Crippen LogP contribution in [-0.4, -0.2) is 49.8 Å². The van der Waals surface area contributed by atoms with E-state index >= 15 is 0 Å². The number of allylic oxidation sites excluding steroid dienone is 1. The van der Waals surface area contributed by atoms with Gasteiger partial charge in [0.2, 0.25) is 0 Å². The van der Waals surface area contributed by atoms with Gasteiger partial charge in [-0.1, -0.05) is 29.5 Å². The molecule has 4 rings (SSSR count). The van der Waals surface area contributed by atoms with E-state index < -0.39 is 6.04 Å². The van der Waals surface area contributed by atoms with Gasteiger partial charge in [-0.25, -0.2) is 4.99 Å². The lowest BCUT2D eigenvalue weighted by atomic mass is 9.94. The number of hydrogen-bond donors (Lipinski definition) is 0. The van der Waals surface area contributed by atoms with Crippen LogP contribution in [0.3, 0.4) is 0 Å². The van der Waals surface area contributed by atoms with Crippen LogP contribution in [0, 0.1) is 0 Å². The molecule has 1 aliphatic heterocycles. The van der Waals surface area contributed by atoms with Gasteiger partial charge in [-0.3, -0.25) is 14.2 Å². The summed E-state index contributed by atoms with van der Waals surface area (Å²) in [6.07, 6.45) is 1.77. The third kappa shape index (κ3) is 4.79. The summed E-state index contributed by atoms with van der Waals surface area (Å²) in [7, 11) is 4.75. The normalized spacial score (nSPS) is 15.2. The van der Waals surface area contributed by atoms with Crippen LogP contribution in [0.1, 0.15) is 37.9 Å². The molecule has 0 aliphatic carbocycles. The number of fused-ring (bicyclic) bond motifs is 1. The minimum absolute atomic E-state index is 0.147. The number of rotatable bonds is 8. The van der Waals surface area contributed by atoms with E-state index in [0.717, 1.165) is 5.56 Å². The van der Waals surface area contributed by atoms with Gasteiger partial charge in [0, 0.05) is 24.2 Å². The molecule has 0 unspecified atom stereocenters. The zero-order chi connectivity index (χ0) is 26.7. The Hall–Kier alpha value is -3.85. The fourth-order valence-electron chi connectivity index (χ4n) is 4.56. The average Bonchev–Trinajstić information content (AvgIpc) is 3.22. The molecule has 2 aromatic carbocycles. The van der Waals surface area contributed by atoms with Gasteiger partial charge in [0.1, 0.15) is 23.3 Å². The highest BCUT2D eigenvalue weighted by atomic mass is 32.1. The summed E-state index contributed by atoms with van der Waals surface area (Å²) in [4.78, 5) is 34.7. The van der Waals surface area contributed by atoms with E-state index in [-0.39, 0.29) is 11.5 Å². The largest absolute Gasteiger partial charge is 0.497 e. The second-order valence-corrected chi connectivity index (χ2v) is 9.42. The summed E-state index contributed by atoms with van der Waals surface area (Å²) in [5.41, 5.74) is 2.23. The van der Waals surface area contributed by atoms with Crippen molar-refractivity contribution in [2.75, 3.05) is 34.4 Å². The molecule has 1 atom stereocenters. The molecule has 1 aromatic heterocycles. The van der Waals surface area contributed by atoms with Crippen LogP contribution in [0.25, 0.3) is 6.08 Å². The highest BCUT2D eigenvalue weighted by molar-refractivity contribution is 7.07. The van der Waals surface area contributed by atoms with Crippen molar-refractivity contribution >= 4 is 23.3 Å². The molecule has 3 aromatic rings. The topological polar surface area (TPSA) is 82.4 Å². The average molecular weight is 522 g/mol. The first-order chi connectivity index (χ1) is 17.9. The fourth-order valence-corrected chi connectivity index (χ4v) is 5.59. The second kappa shape index (κ2) is 11.0. The molecule has 194 valence electrons. The van der Waals surface area contributed by atoms with Crippen LogP contribution < -0.4 is 29.1 Å². The van der Waals surface area contributed by atoms with Gasteiger partial charge in [0.25, 0.3) is 11.5 Å². The van der Waals surface area contributed by atoms with Gasteiger partial charge in [0.05, 0.1) is 37.1 Å². The highest BCUT2D eigenvalue weighted by Gasteiger charge is 2.35. The zero-order valence-electron chi connectivity index (χ0n) is 21.9. The molecular formula is C28H31N3O5S. The molecule has 0 saturated heterocycles. The number of carbonyl (C=O) groups is 1. The number of para-hydroxylation sites is 1. The molecule has 8 nitrogen and oxygen atoms in total. The van der Waals surface area contributed by atoms with Crippen molar-refractivity contribution in [3.63, 3.8) is 0 Å². The molecule has 0 saturated carbocycles. The Morgan fingerprint density at radius 1 is 1.05 bits per heavy atom. The van der Waals surface area contributed by atoms with Crippen molar-refractivity contribution in [2.24, 2.45) is 4.99 Å². The van der Waals surface area contributed by atoms with Crippen molar-refractivity contribution in [3.05, 3.63) is 84.5 Å². The SMILES string of the molecule is CCN(CC)C(=O)C1=C(C)N=c2s/c(=C/c3cc(OC)ccc3OC)c(=O)n2[C@H]1c1ccccc1OC. The van der Waals surface area contributed by atoms with E-state index in [1.54, 1.807) is 49.0 Å². The van der Waals surface area contributed by atoms with Gasteiger partial charge < -0.3 is 19.1 Å². The van der Waals surface area contributed by atoms with Gasteiger partial charge in [0.15, 0.2) is 4.80 Å². The standard InChI is InChI=1S/C28H31N3O5S/c1-7-30(8-2)27(33)24-17(3)29-28-31(25(24)20-11-9-10-12-22(20)36-6)26(32)23(37-28)16-18-15-19(34-4)13-14-21(18)35-5/h9-16,25H,7-8H2,1-6H3/b23-16+/t25-/m0/s1. The van der Waals surface area contributed by atoms with Crippen LogP contribution in [0.4, 0.5) is 0 Å².